The number of nitrogens with one attached hydrogen (secondary N) is 1. The van der Waals surface area contributed by atoms with E-state index in [0.29, 0.717) is 11.7 Å². The van der Waals surface area contributed by atoms with Crippen molar-refractivity contribution < 1.29 is 8.78 Å². The maximum Gasteiger partial charge on any atom is 0.203 e. The minimum Gasteiger partial charge on any atom is -0.334 e. The molecule has 0 aliphatic carbocycles. The number of anilines is 1. The summed E-state index contributed by atoms with van der Waals surface area (Å²) >= 11 is 1.42. The zero-order valence-electron chi connectivity index (χ0n) is 21.4. The number of rotatable bonds is 7. The van der Waals surface area contributed by atoms with E-state index < -0.39 is 0 Å². The van der Waals surface area contributed by atoms with E-state index in [9.17, 15) is 8.78 Å². The van der Waals surface area contributed by atoms with E-state index >= 15 is 0 Å². The van der Waals surface area contributed by atoms with Crippen molar-refractivity contribution in [2.45, 2.75) is 26.3 Å². The molecule has 194 valence electrons. The van der Waals surface area contributed by atoms with Gasteiger partial charge in [0, 0.05) is 33.8 Å². The van der Waals surface area contributed by atoms with Crippen molar-refractivity contribution >= 4 is 44.5 Å². The number of halogens is 2. The van der Waals surface area contributed by atoms with Gasteiger partial charge in [-0.25, -0.2) is 18.7 Å². The van der Waals surface area contributed by atoms with E-state index in [1.165, 1.54) is 35.6 Å². The molecular formula is C31H25F2N5S. The molecule has 0 saturated carbocycles. The summed E-state index contributed by atoms with van der Waals surface area (Å²) in [5, 5.41) is 9.18. The lowest BCUT2D eigenvalue weighted by molar-refractivity contribution is 0.626. The molecule has 0 radical (unpaired) electrons. The molecule has 3 heterocycles. The van der Waals surface area contributed by atoms with Gasteiger partial charge in [-0.05, 0) is 60.0 Å². The second kappa shape index (κ2) is 10.4. The Kier molecular flexibility index (Phi) is 6.62. The van der Waals surface area contributed by atoms with Crippen LogP contribution in [0.1, 0.15) is 36.7 Å². The van der Waals surface area contributed by atoms with Crippen LogP contribution in [-0.4, -0.2) is 20.7 Å². The zero-order chi connectivity index (χ0) is 26.9. The normalized spacial score (nSPS) is 11.8. The zero-order valence-corrected chi connectivity index (χ0v) is 22.2. The predicted octanol–water partition coefficient (Wildman–Crippen LogP) is 8.21. The number of hydrogen-bond acceptors (Lipinski definition) is 5. The third-order valence-electron chi connectivity index (χ3n) is 6.60. The van der Waals surface area contributed by atoms with Gasteiger partial charge in [0.05, 0.1) is 28.8 Å². The maximum atomic E-state index is 13.5. The molecule has 0 spiro atoms. The lowest BCUT2D eigenvalue weighted by atomic mass is 10.0. The third kappa shape index (κ3) is 5.03. The van der Waals surface area contributed by atoms with E-state index in [0.717, 1.165) is 50.0 Å². The van der Waals surface area contributed by atoms with Gasteiger partial charge in [0.25, 0.3) is 0 Å². The largest absolute Gasteiger partial charge is 0.334 e. The van der Waals surface area contributed by atoms with E-state index in [2.05, 4.69) is 52.1 Å². The van der Waals surface area contributed by atoms with Gasteiger partial charge in [-0.3, -0.25) is 5.43 Å². The molecule has 0 aliphatic rings. The molecule has 0 atom stereocenters. The average molecular weight is 538 g/mol. The molecular weight excluding hydrogens is 512 g/mol. The number of pyridine rings is 1. The molecule has 6 rings (SSSR count). The van der Waals surface area contributed by atoms with Gasteiger partial charge in [0.2, 0.25) is 5.13 Å². The number of benzene rings is 3. The topological polar surface area (TPSA) is 55.1 Å². The molecule has 1 N–H and O–H groups in total. The highest BCUT2D eigenvalue weighted by Crippen LogP contribution is 2.34. The smallest absolute Gasteiger partial charge is 0.203 e. The third-order valence-corrected chi connectivity index (χ3v) is 7.34. The van der Waals surface area contributed by atoms with E-state index in [1.807, 2.05) is 29.6 Å². The molecule has 0 unspecified atom stereocenters. The van der Waals surface area contributed by atoms with Crippen LogP contribution in [0.4, 0.5) is 13.9 Å². The van der Waals surface area contributed by atoms with E-state index in [1.54, 1.807) is 18.3 Å². The second-order valence-electron chi connectivity index (χ2n) is 9.63. The van der Waals surface area contributed by atoms with Crippen molar-refractivity contribution in [3.8, 4) is 11.3 Å². The van der Waals surface area contributed by atoms with Crippen LogP contribution in [0.5, 0.6) is 0 Å². The average Bonchev–Trinajstić information content (AvgIpc) is 3.53. The minimum absolute atomic E-state index is 0.169. The first-order chi connectivity index (χ1) is 19.0. The Morgan fingerprint density at radius 2 is 1.64 bits per heavy atom. The van der Waals surface area contributed by atoms with Gasteiger partial charge in [-0.1, -0.05) is 44.2 Å². The monoisotopic (exact) mass is 537 g/mol. The number of fused-ring (bicyclic) bond motifs is 3. The molecule has 0 bridgehead atoms. The lowest BCUT2D eigenvalue weighted by Gasteiger charge is -2.13. The van der Waals surface area contributed by atoms with Crippen molar-refractivity contribution in [2.24, 2.45) is 5.10 Å². The van der Waals surface area contributed by atoms with Crippen LogP contribution in [0.15, 0.2) is 89.3 Å². The summed E-state index contributed by atoms with van der Waals surface area (Å²) in [6.07, 6.45) is 1.70. The Balaban J connectivity index is 1.35. The fourth-order valence-corrected chi connectivity index (χ4v) is 5.43. The van der Waals surface area contributed by atoms with Crippen molar-refractivity contribution in [3.05, 3.63) is 113 Å². The van der Waals surface area contributed by atoms with Crippen LogP contribution in [0.25, 0.3) is 33.1 Å². The summed E-state index contributed by atoms with van der Waals surface area (Å²) in [6, 6.07) is 23.3. The first-order valence-corrected chi connectivity index (χ1v) is 13.5. The molecule has 8 heteroatoms. The highest BCUT2D eigenvalue weighted by atomic mass is 32.1. The van der Waals surface area contributed by atoms with E-state index in [-0.39, 0.29) is 17.6 Å². The molecule has 0 aliphatic heterocycles. The first kappa shape index (κ1) is 24.9. The first-order valence-electron chi connectivity index (χ1n) is 12.6. The number of nitrogens with zero attached hydrogens (tertiary/aromatic N) is 4. The number of para-hydroxylation sites is 1. The fourth-order valence-electron chi connectivity index (χ4n) is 4.76. The SMILES string of the molecule is CC(C)c1nc(/C=N/Nc2nc(-c3ccc(F)cc3)cs2)cc2c3ccccc3n(Cc3ccc(F)cc3)c12. The number of hydrazone groups is 1. The summed E-state index contributed by atoms with van der Waals surface area (Å²) in [7, 11) is 0. The molecule has 0 amide bonds. The Hall–Kier alpha value is -4.43. The standard InChI is InChI=1S/C31H25F2N5S/c1-19(2)29-30-26(25-5-3-4-6-28(25)38(30)17-20-7-11-22(32)12-8-20)15-24(35-29)16-34-37-31-36-27(18-39-31)21-9-13-23(33)14-10-21/h3-16,18-19H,17H2,1-2H3,(H,36,37)/b34-16+. The summed E-state index contributed by atoms with van der Waals surface area (Å²) in [5.74, 6) is -0.351. The van der Waals surface area contributed by atoms with Gasteiger partial charge >= 0.3 is 0 Å². The van der Waals surface area contributed by atoms with Crippen molar-refractivity contribution in [1.29, 1.82) is 0 Å². The fraction of sp³-hybridized carbons (Fsp3) is 0.129. The van der Waals surface area contributed by atoms with Gasteiger partial charge in [-0.2, -0.15) is 5.10 Å². The number of aromatic nitrogens is 3. The molecule has 39 heavy (non-hydrogen) atoms. The molecule has 3 aromatic heterocycles. The van der Waals surface area contributed by atoms with Crippen LogP contribution < -0.4 is 5.43 Å². The van der Waals surface area contributed by atoms with Crippen molar-refractivity contribution in [3.63, 3.8) is 0 Å². The lowest BCUT2D eigenvalue weighted by Crippen LogP contribution is -2.05. The highest BCUT2D eigenvalue weighted by Gasteiger charge is 2.18. The number of thiazole rings is 1. The minimum atomic E-state index is -0.277. The van der Waals surface area contributed by atoms with Crippen LogP contribution in [-0.2, 0) is 6.54 Å². The predicted molar refractivity (Wildman–Crippen MR) is 156 cm³/mol. The summed E-state index contributed by atoms with van der Waals surface area (Å²) < 4.78 is 29.0. The highest BCUT2D eigenvalue weighted by molar-refractivity contribution is 7.14. The van der Waals surface area contributed by atoms with Crippen LogP contribution in [0.3, 0.4) is 0 Å². The van der Waals surface area contributed by atoms with Gasteiger partial charge < -0.3 is 4.57 Å². The van der Waals surface area contributed by atoms with Crippen LogP contribution in [0, 0.1) is 11.6 Å². The Morgan fingerprint density at radius 3 is 2.38 bits per heavy atom. The van der Waals surface area contributed by atoms with E-state index in [4.69, 9.17) is 4.98 Å². The Bertz CT molecular complexity index is 1800. The molecule has 0 saturated heterocycles. The van der Waals surface area contributed by atoms with Gasteiger partial charge in [0.1, 0.15) is 11.6 Å². The number of hydrogen-bond donors (Lipinski definition) is 1. The molecule has 5 nitrogen and oxygen atoms in total. The van der Waals surface area contributed by atoms with Gasteiger partial charge in [0.15, 0.2) is 0 Å². The van der Waals surface area contributed by atoms with Crippen molar-refractivity contribution in [1.82, 2.24) is 14.5 Å². The molecule has 6 aromatic rings. The Morgan fingerprint density at radius 1 is 0.923 bits per heavy atom. The van der Waals surface area contributed by atoms with Gasteiger partial charge in [-0.15, -0.1) is 11.3 Å². The summed E-state index contributed by atoms with van der Waals surface area (Å²) in [5.41, 5.74) is 9.50. The maximum absolute atomic E-state index is 13.5. The summed E-state index contributed by atoms with van der Waals surface area (Å²) in [6.45, 7) is 4.88. The van der Waals surface area contributed by atoms with Crippen molar-refractivity contribution in [2.75, 3.05) is 5.43 Å². The quantitative estimate of drug-likeness (QED) is 0.165. The van der Waals surface area contributed by atoms with Crippen LogP contribution >= 0.6 is 11.3 Å². The molecule has 3 aromatic carbocycles. The second-order valence-corrected chi connectivity index (χ2v) is 10.5. The Labute approximate surface area is 228 Å². The summed E-state index contributed by atoms with van der Waals surface area (Å²) in [4.78, 5) is 9.53. The van der Waals surface area contributed by atoms with Crippen LogP contribution in [0.2, 0.25) is 0 Å². The molecule has 0 fully saturated rings.